The van der Waals surface area contributed by atoms with Crippen molar-refractivity contribution in [3.8, 4) is 0 Å². The number of rotatable bonds is 5. The highest BCUT2D eigenvalue weighted by molar-refractivity contribution is 9.11. The third-order valence-corrected chi connectivity index (χ3v) is 7.46. The highest BCUT2D eigenvalue weighted by Gasteiger charge is 2.71. The van der Waals surface area contributed by atoms with E-state index in [1.807, 2.05) is 0 Å². The van der Waals surface area contributed by atoms with Crippen LogP contribution in [0.25, 0.3) is 0 Å². The van der Waals surface area contributed by atoms with Gasteiger partial charge >= 0.3 is 0 Å². The van der Waals surface area contributed by atoms with Crippen LogP contribution in [0, 0.1) is 29.1 Å². The maximum absolute atomic E-state index is 12.9. The van der Waals surface area contributed by atoms with Gasteiger partial charge in [-0.2, -0.15) is 0 Å². The molecule has 1 aromatic heterocycles. The second-order valence-electron chi connectivity index (χ2n) is 7.05. The van der Waals surface area contributed by atoms with Crippen molar-refractivity contribution < 1.29 is 14.7 Å². The van der Waals surface area contributed by atoms with Gasteiger partial charge < -0.3 is 15.7 Å². The molecule has 0 aromatic carbocycles. The van der Waals surface area contributed by atoms with Crippen LogP contribution in [-0.4, -0.2) is 35.1 Å². The van der Waals surface area contributed by atoms with Crippen LogP contribution >= 0.6 is 27.3 Å². The lowest BCUT2D eigenvalue weighted by molar-refractivity contribution is -0.134. The molecule has 3 saturated carbocycles. The van der Waals surface area contributed by atoms with Crippen LogP contribution in [0.1, 0.15) is 25.7 Å². The Kier molecular flexibility index (Phi) is 4.17. The Labute approximate surface area is 152 Å². The van der Waals surface area contributed by atoms with E-state index in [9.17, 15) is 9.59 Å². The number of thiazole rings is 1. The van der Waals surface area contributed by atoms with Gasteiger partial charge in [-0.15, -0.1) is 0 Å². The van der Waals surface area contributed by atoms with Gasteiger partial charge in [0.2, 0.25) is 11.8 Å². The summed E-state index contributed by atoms with van der Waals surface area (Å²) in [6, 6.07) is 0. The number of anilines is 1. The molecule has 1 spiro atoms. The lowest BCUT2D eigenvalue weighted by atomic mass is 9.78. The first kappa shape index (κ1) is 16.5. The molecular weight excluding hydrogens is 394 g/mol. The quantitative estimate of drug-likeness (QED) is 0.688. The maximum Gasteiger partial charge on any atom is 0.230 e. The minimum Gasteiger partial charge on any atom is -0.395 e. The number of aliphatic hydroxyl groups is 1. The number of hydrogen-bond donors (Lipinski definition) is 3. The lowest BCUT2D eigenvalue weighted by Crippen LogP contribution is -2.43. The average molecular weight is 414 g/mol. The first-order chi connectivity index (χ1) is 11.6. The van der Waals surface area contributed by atoms with E-state index in [1.54, 1.807) is 6.20 Å². The number of aliphatic hydroxyl groups excluding tert-OH is 1. The Morgan fingerprint density at radius 3 is 2.50 bits per heavy atom. The smallest absolute Gasteiger partial charge is 0.230 e. The Morgan fingerprint density at radius 1 is 1.29 bits per heavy atom. The predicted octanol–water partition coefficient (Wildman–Crippen LogP) is 2.00. The van der Waals surface area contributed by atoms with Gasteiger partial charge in [0, 0.05) is 6.54 Å². The summed E-state index contributed by atoms with van der Waals surface area (Å²) in [5, 5.41) is 15.2. The van der Waals surface area contributed by atoms with Gasteiger partial charge in [-0.1, -0.05) is 11.3 Å². The van der Waals surface area contributed by atoms with Gasteiger partial charge in [-0.25, -0.2) is 4.98 Å². The van der Waals surface area contributed by atoms with Crippen molar-refractivity contribution in [3.63, 3.8) is 0 Å². The van der Waals surface area contributed by atoms with Crippen LogP contribution in [0.2, 0.25) is 0 Å². The van der Waals surface area contributed by atoms with Crippen molar-refractivity contribution in [1.29, 1.82) is 0 Å². The highest BCUT2D eigenvalue weighted by atomic mass is 79.9. The largest absolute Gasteiger partial charge is 0.395 e. The number of amides is 2. The molecule has 2 amide bonds. The predicted molar refractivity (Wildman–Crippen MR) is 93.4 cm³/mol. The Hall–Kier alpha value is -0.990. The summed E-state index contributed by atoms with van der Waals surface area (Å²) >= 11 is 4.72. The number of halogens is 1. The maximum atomic E-state index is 12.9. The van der Waals surface area contributed by atoms with E-state index in [-0.39, 0.29) is 42.2 Å². The molecule has 1 heterocycles. The molecule has 0 radical (unpaired) electrons. The molecule has 24 heavy (non-hydrogen) atoms. The van der Waals surface area contributed by atoms with Crippen molar-refractivity contribution in [3.05, 3.63) is 9.98 Å². The molecule has 8 heteroatoms. The zero-order valence-electron chi connectivity index (χ0n) is 13.1. The fourth-order valence-corrected chi connectivity index (χ4v) is 6.27. The number of carbonyl (C=O) groups excluding carboxylic acids is 2. The summed E-state index contributed by atoms with van der Waals surface area (Å²) < 4.78 is 0.863. The lowest BCUT2D eigenvalue weighted by Gasteiger charge is -2.28. The van der Waals surface area contributed by atoms with Gasteiger partial charge in [0.25, 0.3) is 0 Å². The minimum atomic E-state index is -0.285. The number of nitrogens with zero attached hydrogens (tertiary/aromatic N) is 1. The topological polar surface area (TPSA) is 91.3 Å². The van der Waals surface area contributed by atoms with Crippen LogP contribution in [0.5, 0.6) is 0 Å². The fourth-order valence-electron chi connectivity index (χ4n) is 5.16. The normalized spacial score (nSPS) is 32.1. The number of aromatic nitrogens is 1. The van der Waals surface area contributed by atoms with Gasteiger partial charge in [-0.3, -0.25) is 9.59 Å². The molecule has 3 N–H and O–H groups in total. The summed E-state index contributed by atoms with van der Waals surface area (Å²) in [6.07, 6.45) is 6.01. The zero-order valence-corrected chi connectivity index (χ0v) is 15.5. The van der Waals surface area contributed by atoms with Crippen molar-refractivity contribution in [2.45, 2.75) is 25.7 Å². The standard InChI is InChI=1S/C16H20BrN3O3S/c17-10-7-19-15(24-10)20-14(23)12-9-2-1-8(16(9)3-4-16)11(12)13(22)18-5-6-21/h7-9,11-12,21H,1-6H2,(H,18,22)(H,19,20,23)/t8-,9+,11-,12-/m1/s1. The fraction of sp³-hybridized carbons (Fsp3) is 0.688. The molecule has 3 aliphatic carbocycles. The minimum absolute atomic E-state index is 0.0806. The second kappa shape index (κ2) is 6.07. The Morgan fingerprint density at radius 2 is 1.96 bits per heavy atom. The zero-order chi connectivity index (χ0) is 16.9. The summed E-state index contributed by atoms with van der Waals surface area (Å²) in [6.45, 7) is 0.162. The van der Waals surface area contributed by atoms with Crippen molar-refractivity contribution in [1.82, 2.24) is 10.3 Å². The van der Waals surface area contributed by atoms with Crippen LogP contribution in [0.4, 0.5) is 5.13 Å². The van der Waals surface area contributed by atoms with E-state index in [0.29, 0.717) is 17.0 Å². The summed E-state index contributed by atoms with van der Waals surface area (Å²) in [5.74, 6) is -0.118. The van der Waals surface area contributed by atoms with Gasteiger partial charge in [0.15, 0.2) is 5.13 Å². The third kappa shape index (κ3) is 2.50. The van der Waals surface area contributed by atoms with E-state index in [1.165, 1.54) is 11.3 Å². The van der Waals surface area contributed by atoms with Gasteiger partial charge in [-0.05, 0) is 58.9 Å². The molecule has 3 fully saturated rings. The molecule has 0 saturated heterocycles. The molecule has 0 unspecified atom stereocenters. The first-order valence-electron chi connectivity index (χ1n) is 8.37. The van der Waals surface area contributed by atoms with E-state index >= 15 is 0 Å². The molecule has 130 valence electrons. The summed E-state index contributed by atoms with van der Waals surface area (Å²) in [7, 11) is 0. The van der Waals surface area contributed by atoms with Crippen LogP contribution in [0.3, 0.4) is 0 Å². The van der Waals surface area contributed by atoms with Gasteiger partial charge in [0.05, 0.1) is 28.4 Å². The SMILES string of the molecule is O=C(NCCO)[C@H]1[C@H](C(=O)Nc2ncc(Br)s2)[C@@H]2CC[C@H]1C21CC1. The summed E-state index contributed by atoms with van der Waals surface area (Å²) in [4.78, 5) is 29.8. The van der Waals surface area contributed by atoms with Crippen molar-refractivity contribution in [2.24, 2.45) is 29.1 Å². The van der Waals surface area contributed by atoms with Crippen LogP contribution in [0.15, 0.2) is 9.98 Å². The molecule has 2 bridgehead atoms. The Balaban J connectivity index is 1.56. The van der Waals surface area contributed by atoms with Crippen LogP contribution < -0.4 is 10.6 Å². The molecular formula is C16H20BrN3O3S. The molecule has 4 rings (SSSR count). The molecule has 1 aromatic rings. The highest BCUT2D eigenvalue weighted by Crippen LogP contribution is 2.74. The number of hydrogen-bond acceptors (Lipinski definition) is 5. The number of nitrogens with one attached hydrogen (secondary N) is 2. The van der Waals surface area contributed by atoms with E-state index in [0.717, 1.165) is 29.5 Å². The Bertz CT molecular complexity index is 675. The molecule has 4 atom stereocenters. The molecule has 3 aliphatic rings. The third-order valence-electron chi connectivity index (χ3n) is 6.07. The van der Waals surface area contributed by atoms with E-state index in [2.05, 4.69) is 31.5 Å². The van der Waals surface area contributed by atoms with Crippen LogP contribution in [-0.2, 0) is 9.59 Å². The summed E-state index contributed by atoms with van der Waals surface area (Å²) in [5.41, 5.74) is 0.215. The molecule has 0 aliphatic heterocycles. The van der Waals surface area contributed by atoms with Gasteiger partial charge in [0.1, 0.15) is 0 Å². The van der Waals surface area contributed by atoms with E-state index in [4.69, 9.17) is 5.11 Å². The van der Waals surface area contributed by atoms with Crippen molar-refractivity contribution >= 4 is 44.2 Å². The number of carbonyl (C=O) groups is 2. The molecule has 6 nitrogen and oxygen atoms in total. The second-order valence-corrected chi connectivity index (χ2v) is 9.46. The average Bonchev–Trinajstić information content (AvgIpc) is 3.06. The van der Waals surface area contributed by atoms with Crippen molar-refractivity contribution in [2.75, 3.05) is 18.5 Å². The first-order valence-corrected chi connectivity index (χ1v) is 9.98. The van der Waals surface area contributed by atoms with E-state index < -0.39 is 0 Å². The monoisotopic (exact) mass is 413 g/mol.